The molecule has 1 saturated heterocycles. The second kappa shape index (κ2) is 5.95. The zero-order valence-electron chi connectivity index (χ0n) is 10.7. The van der Waals surface area contributed by atoms with Gasteiger partial charge in [0.25, 0.3) is 0 Å². The summed E-state index contributed by atoms with van der Waals surface area (Å²) >= 11 is 0. The van der Waals surface area contributed by atoms with Gasteiger partial charge in [-0.15, -0.1) is 0 Å². The molecule has 2 atom stereocenters. The predicted molar refractivity (Wildman–Crippen MR) is 69.9 cm³/mol. The molecule has 5 heteroatoms. The molecule has 1 aliphatic heterocycles. The molecule has 5 nitrogen and oxygen atoms in total. The van der Waals surface area contributed by atoms with Crippen LogP contribution in [0, 0.1) is 0 Å². The Kier molecular flexibility index (Phi) is 4.30. The SMILES string of the molecule is COCc1ccccc1NC(=O)C1CC(C)NN1. The molecule has 0 bridgehead atoms. The Morgan fingerprint density at radius 3 is 2.89 bits per heavy atom. The van der Waals surface area contributed by atoms with Crippen LogP contribution in [-0.4, -0.2) is 25.1 Å². The summed E-state index contributed by atoms with van der Waals surface area (Å²) in [6, 6.07) is 7.80. The third-order valence-corrected chi connectivity index (χ3v) is 2.98. The molecule has 1 aromatic carbocycles. The molecule has 2 unspecified atom stereocenters. The molecule has 1 aliphatic rings. The van der Waals surface area contributed by atoms with Crippen LogP contribution in [0.15, 0.2) is 24.3 Å². The Balaban J connectivity index is 2.02. The fourth-order valence-corrected chi connectivity index (χ4v) is 2.03. The summed E-state index contributed by atoms with van der Waals surface area (Å²) in [5.41, 5.74) is 7.81. The van der Waals surface area contributed by atoms with Crippen LogP contribution in [0.4, 0.5) is 5.69 Å². The number of carbonyl (C=O) groups excluding carboxylic acids is 1. The van der Waals surface area contributed by atoms with Crippen LogP contribution in [0.5, 0.6) is 0 Å². The number of carbonyl (C=O) groups is 1. The fourth-order valence-electron chi connectivity index (χ4n) is 2.03. The van der Waals surface area contributed by atoms with Crippen molar-refractivity contribution in [3.8, 4) is 0 Å². The van der Waals surface area contributed by atoms with Crippen molar-refractivity contribution in [3.05, 3.63) is 29.8 Å². The first-order chi connectivity index (χ1) is 8.70. The first-order valence-corrected chi connectivity index (χ1v) is 6.09. The van der Waals surface area contributed by atoms with Gasteiger partial charge in [0.2, 0.25) is 5.91 Å². The summed E-state index contributed by atoms with van der Waals surface area (Å²) in [6.07, 6.45) is 0.790. The van der Waals surface area contributed by atoms with Crippen LogP contribution in [0.1, 0.15) is 18.9 Å². The lowest BCUT2D eigenvalue weighted by atomic mass is 10.1. The summed E-state index contributed by atoms with van der Waals surface area (Å²) in [6.45, 7) is 2.53. The number of amides is 1. The maximum Gasteiger partial charge on any atom is 0.242 e. The predicted octanol–water partition coefficient (Wildman–Crippen LogP) is 1.03. The van der Waals surface area contributed by atoms with Crippen molar-refractivity contribution in [1.82, 2.24) is 10.9 Å². The van der Waals surface area contributed by atoms with Crippen molar-refractivity contribution in [1.29, 1.82) is 0 Å². The number of para-hydroxylation sites is 1. The van der Waals surface area contributed by atoms with Gasteiger partial charge in [0.15, 0.2) is 0 Å². The smallest absolute Gasteiger partial charge is 0.242 e. The second-order valence-corrected chi connectivity index (χ2v) is 4.56. The number of methoxy groups -OCH3 is 1. The van der Waals surface area contributed by atoms with E-state index in [1.54, 1.807) is 7.11 Å². The van der Waals surface area contributed by atoms with Gasteiger partial charge < -0.3 is 10.1 Å². The highest BCUT2D eigenvalue weighted by Crippen LogP contribution is 2.17. The molecular weight excluding hydrogens is 230 g/mol. The molecule has 18 heavy (non-hydrogen) atoms. The van der Waals surface area contributed by atoms with E-state index in [0.29, 0.717) is 12.6 Å². The molecule has 3 N–H and O–H groups in total. The Hall–Kier alpha value is -1.43. The molecule has 0 aromatic heterocycles. The number of rotatable bonds is 4. The molecule has 1 aromatic rings. The number of nitrogens with one attached hydrogen (secondary N) is 3. The maximum absolute atomic E-state index is 12.1. The van der Waals surface area contributed by atoms with Gasteiger partial charge in [-0.1, -0.05) is 18.2 Å². The van der Waals surface area contributed by atoms with Gasteiger partial charge in [-0.3, -0.25) is 10.2 Å². The first kappa shape index (κ1) is 13.0. The maximum atomic E-state index is 12.1. The quantitative estimate of drug-likeness (QED) is 0.745. The number of ether oxygens (including phenoxy) is 1. The summed E-state index contributed by atoms with van der Waals surface area (Å²) in [5.74, 6) is -0.0181. The highest BCUT2D eigenvalue weighted by molar-refractivity contribution is 5.95. The summed E-state index contributed by atoms with van der Waals surface area (Å²) < 4.78 is 5.11. The van der Waals surface area contributed by atoms with E-state index in [1.807, 2.05) is 31.2 Å². The Morgan fingerprint density at radius 1 is 1.44 bits per heavy atom. The van der Waals surface area contributed by atoms with Crippen molar-refractivity contribution in [2.45, 2.75) is 32.0 Å². The van der Waals surface area contributed by atoms with Crippen LogP contribution < -0.4 is 16.2 Å². The number of benzene rings is 1. The zero-order chi connectivity index (χ0) is 13.0. The van der Waals surface area contributed by atoms with Crippen LogP contribution >= 0.6 is 0 Å². The Bertz CT molecular complexity index is 422. The van der Waals surface area contributed by atoms with Crippen LogP contribution in [-0.2, 0) is 16.1 Å². The van der Waals surface area contributed by atoms with Gasteiger partial charge >= 0.3 is 0 Å². The van der Waals surface area contributed by atoms with Crippen LogP contribution in [0.3, 0.4) is 0 Å². The van der Waals surface area contributed by atoms with Crippen molar-refractivity contribution in [2.24, 2.45) is 0 Å². The minimum absolute atomic E-state index is 0.0181. The van der Waals surface area contributed by atoms with E-state index in [0.717, 1.165) is 17.7 Å². The molecular formula is C13H19N3O2. The second-order valence-electron chi connectivity index (χ2n) is 4.56. The summed E-state index contributed by atoms with van der Waals surface area (Å²) in [4.78, 5) is 12.1. The Morgan fingerprint density at radius 2 is 2.22 bits per heavy atom. The van der Waals surface area contributed by atoms with Gasteiger partial charge in [0.1, 0.15) is 6.04 Å². The van der Waals surface area contributed by atoms with E-state index < -0.39 is 0 Å². The zero-order valence-corrected chi connectivity index (χ0v) is 10.7. The topological polar surface area (TPSA) is 62.4 Å². The molecule has 98 valence electrons. The van der Waals surface area contributed by atoms with Crippen molar-refractivity contribution in [3.63, 3.8) is 0 Å². The molecule has 0 aliphatic carbocycles. The average Bonchev–Trinajstić information content (AvgIpc) is 2.79. The van der Waals surface area contributed by atoms with Crippen molar-refractivity contribution in [2.75, 3.05) is 12.4 Å². The molecule has 0 spiro atoms. The largest absolute Gasteiger partial charge is 0.380 e. The van der Waals surface area contributed by atoms with E-state index in [-0.39, 0.29) is 11.9 Å². The molecule has 0 saturated carbocycles. The molecule has 1 fully saturated rings. The van der Waals surface area contributed by atoms with Crippen LogP contribution in [0.2, 0.25) is 0 Å². The van der Waals surface area contributed by atoms with Crippen LogP contribution in [0.25, 0.3) is 0 Å². The van der Waals surface area contributed by atoms with Gasteiger partial charge in [-0.05, 0) is 19.4 Å². The van der Waals surface area contributed by atoms with Gasteiger partial charge in [-0.2, -0.15) is 0 Å². The van der Waals surface area contributed by atoms with E-state index in [9.17, 15) is 4.79 Å². The number of anilines is 1. The lowest BCUT2D eigenvalue weighted by molar-refractivity contribution is -0.117. The standard InChI is InChI=1S/C13H19N3O2/c1-9-7-12(16-15-9)13(17)14-11-6-4-3-5-10(11)8-18-2/h3-6,9,12,15-16H,7-8H2,1-2H3,(H,14,17). The third-order valence-electron chi connectivity index (χ3n) is 2.98. The third kappa shape index (κ3) is 3.07. The van der Waals surface area contributed by atoms with E-state index in [1.165, 1.54) is 0 Å². The Labute approximate surface area is 107 Å². The van der Waals surface area contributed by atoms with Crippen molar-refractivity contribution >= 4 is 11.6 Å². The minimum atomic E-state index is -0.185. The van der Waals surface area contributed by atoms with Gasteiger partial charge in [0.05, 0.1) is 6.61 Å². The summed E-state index contributed by atoms with van der Waals surface area (Å²) in [7, 11) is 1.64. The monoisotopic (exact) mass is 249 g/mol. The molecule has 1 amide bonds. The van der Waals surface area contributed by atoms with E-state index in [2.05, 4.69) is 16.2 Å². The van der Waals surface area contributed by atoms with Crippen molar-refractivity contribution < 1.29 is 9.53 Å². The fraction of sp³-hybridized carbons (Fsp3) is 0.462. The van der Waals surface area contributed by atoms with Gasteiger partial charge in [-0.25, -0.2) is 5.43 Å². The average molecular weight is 249 g/mol. The number of hydrogen-bond acceptors (Lipinski definition) is 4. The molecule has 2 rings (SSSR count). The molecule has 0 radical (unpaired) electrons. The minimum Gasteiger partial charge on any atom is -0.380 e. The first-order valence-electron chi connectivity index (χ1n) is 6.09. The van der Waals surface area contributed by atoms with Gasteiger partial charge in [0, 0.05) is 24.4 Å². The van der Waals surface area contributed by atoms with E-state index >= 15 is 0 Å². The highest BCUT2D eigenvalue weighted by atomic mass is 16.5. The molecule has 1 heterocycles. The number of hydrogen-bond donors (Lipinski definition) is 3. The highest BCUT2D eigenvalue weighted by Gasteiger charge is 2.26. The lowest BCUT2D eigenvalue weighted by Gasteiger charge is -2.13. The normalized spacial score (nSPS) is 23.0. The number of hydrazine groups is 1. The lowest BCUT2D eigenvalue weighted by Crippen LogP contribution is -2.40. The summed E-state index contributed by atoms with van der Waals surface area (Å²) in [5, 5.41) is 2.94. The van der Waals surface area contributed by atoms with E-state index in [4.69, 9.17) is 4.74 Å².